The summed E-state index contributed by atoms with van der Waals surface area (Å²) in [7, 11) is 0. The summed E-state index contributed by atoms with van der Waals surface area (Å²) in [4.78, 5) is 45.2. The second-order valence-electron chi connectivity index (χ2n) is 11.8. The number of ether oxygens (including phenoxy) is 1. The minimum absolute atomic E-state index is 0.0520. The van der Waals surface area contributed by atoms with Crippen molar-refractivity contribution in [2.45, 2.75) is 70.4 Å². The molecule has 5 rings (SSSR count). The fourth-order valence-electron chi connectivity index (χ4n) is 6.84. The van der Waals surface area contributed by atoms with Crippen molar-refractivity contribution in [1.82, 2.24) is 9.80 Å². The average Bonchev–Trinajstić information content (AvgIpc) is 3.61. The molecule has 9 nitrogen and oxygen atoms in total. The maximum absolute atomic E-state index is 14.0. The Hall–Kier alpha value is -3.43. The number of nitrogens with two attached hydrogens (primary N) is 1. The molecule has 2 amide bonds. The molecule has 0 aliphatic carbocycles. The van der Waals surface area contributed by atoms with Gasteiger partial charge in [-0.1, -0.05) is 37.6 Å². The summed E-state index contributed by atoms with van der Waals surface area (Å²) in [6.45, 7) is 5.50. The SMILES string of the molecule is CCCCN(C(=O)CN1C[C@H](c2ccc3c(c2)CCO3)[C@@H](C(=O)O)[C@@H]1CCN1CCCCC1=O)c1cccc(CN)c1. The van der Waals surface area contributed by atoms with Crippen LogP contribution in [0.4, 0.5) is 5.69 Å². The molecular formula is C33H44N4O5. The number of anilines is 1. The minimum atomic E-state index is -0.861. The molecule has 2 aromatic carbocycles. The number of rotatable bonds is 12. The number of carboxylic acids is 1. The summed E-state index contributed by atoms with van der Waals surface area (Å²) in [6, 6.07) is 13.4. The average molecular weight is 577 g/mol. The van der Waals surface area contributed by atoms with Crippen LogP contribution in [0.1, 0.15) is 68.1 Å². The number of hydrogen-bond donors (Lipinski definition) is 2. The van der Waals surface area contributed by atoms with Crippen molar-refractivity contribution < 1.29 is 24.2 Å². The Labute approximate surface area is 248 Å². The van der Waals surface area contributed by atoms with E-state index in [0.717, 1.165) is 60.2 Å². The fourth-order valence-corrected chi connectivity index (χ4v) is 6.84. The first-order valence-electron chi connectivity index (χ1n) is 15.5. The number of aliphatic carboxylic acids is 1. The molecule has 2 saturated heterocycles. The number of nitrogens with zero attached hydrogens (tertiary/aromatic N) is 3. The Kier molecular flexibility index (Phi) is 9.80. The van der Waals surface area contributed by atoms with Crippen LogP contribution in [0, 0.1) is 5.92 Å². The minimum Gasteiger partial charge on any atom is -0.493 e. The molecule has 0 bridgehead atoms. The van der Waals surface area contributed by atoms with Gasteiger partial charge in [0.25, 0.3) is 0 Å². The predicted octanol–water partition coefficient (Wildman–Crippen LogP) is 3.78. The molecule has 3 aliphatic rings. The van der Waals surface area contributed by atoms with Gasteiger partial charge in [0.1, 0.15) is 5.75 Å². The lowest BCUT2D eigenvalue weighted by molar-refractivity contribution is -0.143. The van der Waals surface area contributed by atoms with Gasteiger partial charge in [0.05, 0.1) is 19.1 Å². The Morgan fingerprint density at radius 3 is 2.76 bits per heavy atom. The largest absolute Gasteiger partial charge is 0.493 e. The monoisotopic (exact) mass is 576 g/mol. The van der Waals surface area contributed by atoms with Gasteiger partial charge in [-0.3, -0.25) is 19.3 Å². The molecule has 42 heavy (non-hydrogen) atoms. The molecule has 3 heterocycles. The number of carbonyl (C=O) groups is 3. The molecule has 2 aromatic rings. The van der Waals surface area contributed by atoms with Crippen molar-refractivity contribution in [3.63, 3.8) is 0 Å². The molecule has 9 heteroatoms. The van der Waals surface area contributed by atoms with Gasteiger partial charge in [0.15, 0.2) is 0 Å². The highest BCUT2D eigenvalue weighted by Gasteiger charge is 2.47. The lowest BCUT2D eigenvalue weighted by Gasteiger charge is -2.32. The summed E-state index contributed by atoms with van der Waals surface area (Å²) >= 11 is 0. The number of carboxylic acid groups (broad SMARTS) is 1. The van der Waals surface area contributed by atoms with Gasteiger partial charge in [-0.25, -0.2) is 0 Å². The molecule has 3 atom stereocenters. The Morgan fingerprint density at radius 1 is 1.14 bits per heavy atom. The van der Waals surface area contributed by atoms with Crippen molar-refractivity contribution >= 4 is 23.5 Å². The molecule has 0 saturated carbocycles. The van der Waals surface area contributed by atoms with Crippen LogP contribution in [-0.2, 0) is 27.3 Å². The Bertz CT molecular complexity index is 1280. The van der Waals surface area contributed by atoms with Crippen molar-refractivity contribution in [2.24, 2.45) is 11.7 Å². The van der Waals surface area contributed by atoms with Crippen LogP contribution in [0.25, 0.3) is 0 Å². The van der Waals surface area contributed by atoms with E-state index in [0.29, 0.717) is 52.2 Å². The Balaban J connectivity index is 1.43. The molecule has 226 valence electrons. The number of unbranched alkanes of at least 4 members (excludes halogenated alkanes) is 1. The quantitative estimate of drug-likeness (QED) is 0.395. The van der Waals surface area contributed by atoms with Crippen LogP contribution in [0.5, 0.6) is 5.75 Å². The summed E-state index contributed by atoms with van der Waals surface area (Å²) < 4.78 is 5.70. The first-order valence-corrected chi connectivity index (χ1v) is 15.5. The molecule has 2 fully saturated rings. The summed E-state index contributed by atoms with van der Waals surface area (Å²) in [5.41, 5.74) is 9.74. The highest BCUT2D eigenvalue weighted by atomic mass is 16.5. The van der Waals surface area contributed by atoms with E-state index >= 15 is 0 Å². The van der Waals surface area contributed by atoms with E-state index < -0.39 is 11.9 Å². The van der Waals surface area contributed by atoms with Crippen molar-refractivity contribution in [2.75, 3.05) is 44.2 Å². The van der Waals surface area contributed by atoms with Gasteiger partial charge in [0, 0.05) is 63.2 Å². The van der Waals surface area contributed by atoms with E-state index in [1.165, 1.54) is 0 Å². The van der Waals surface area contributed by atoms with Gasteiger partial charge in [-0.2, -0.15) is 0 Å². The maximum atomic E-state index is 14.0. The highest BCUT2D eigenvalue weighted by Crippen LogP contribution is 2.41. The van der Waals surface area contributed by atoms with Gasteiger partial charge in [0.2, 0.25) is 11.8 Å². The van der Waals surface area contributed by atoms with Crippen LogP contribution >= 0.6 is 0 Å². The summed E-state index contributed by atoms with van der Waals surface area (Å²) in [6.07, 6.45) is 5.54. The van der Waals surface area contributed by atoms with Gasteiger partial charge in [-0.15, -0.1) is 0 Å². The second-order valence-corrected chi connectivity index (χ2v) is 11.8. The topological polar surface area (TPSA) is 116 Å². The van der Waals surface area contributed by atoms with Crippen LogP contribution in [0.3, 0.4) is 0 Å². The van der Waals surface area contributed by atoms with E-state index in [9.17, 15) is 19.5 Å². The van der Waals surface area contributed by atoms with Gasteiger partial charge < -0.3 is 25.4 Å². The predicted molar refractivity (Wildman–Crippen MR) is 162 cm³/mol. The summed E-state index contributed by atoms with van der Waals surface area (Å²) in [5.74, 6) is -0.879. The number of hydrogen-bond acceptors (Lipinski definition) is 6. The number of carbonyl (C=O) groups excluding carboxylic acids is 2. The molecular weight excluding hydrogens is 532 g/mol. The lowest BCUT2D eigenvalue weighted by Crippen LogP contribution is -2.46. The van der Waals surface area contributed by atoms with E-state index in [-0.39, 0.29) is 30.3 Å². The van der Waals surface area contributed by atoms with E-state index in [2.05, 4.69) is 17.9 Å². The third kappa shape index (κ3) is 6.63. The molecule has 0 spiro atoms. The van der Waals surface area contributed by atoms with Crippen LogP contribution in [-0.4, -0.2) is 78.1 Å². The van der Waals surface area contributed by atoms with Gasteiger partial charge in [-0.05, 0) is 60.6 Å². The standard InChI is InChI=1S/C33H44N4O5/c1-2-3-15-37(26-8-6-7-23(18-26)20-34)31(39)22-36-21-27(24-10-11-29-25(19-24)13-17-42-29)32(33(40)41)28(36)12-16-35-14-5-4-9-30(35)38/h6-8,10-11,18-19,27-28,32H,2-5,9,12-17,20-22,34H2,1H3,(H,40,41)/t27-,28+,32-/m1/s1. The second kappa shape index (κ2) is 13.7. The maximum Gasteiger partial charge on any atom is 0.308 e. The number of benzene rings is 2. The molecule has 3 N–H and O–H groups in total. The molecule has 0 aromatic heterocycles. The summed E-state index contributed by atoms with van der Waals surface area (Å²) in [5, 5.41) is 10.6. The molecule has 3 aliphatic heterocycles. The zero-order valence-electron chi connectivity index (χ0n) is 24.7. The smallest absolute Gasteiger partial charge is 0.308 e. The fraction of sp³-hybridized carbons (Fsp3) is 0.545. The van der Waals surface area contributed by atoms with Gasteiger partial charge >= 0.3 is 5.97 Å². The van der Waals surface area contributed by atoms with E-state index in [1.807, 2.05) is 46.2 Å². The van der Waals surface area contributed by atoms with Crippen LogP contribution < -0.4 is 15.4 Å². The first-order chi connectivity index (χ1) is 20.4. The number of fused-ring (bicyclic) bond motifs is 1. The van der Waals surface area contributed by atoms with E-state index in [4.69, 9.17) is 10.5 Å². The van der Waals surface area contributed by atoms with Crippen LogP contribution in [0.2, 0.25) is 0 Å². The third-order valence-corrected chi connectivity index (χ3v) is 9.12. The Morgan fingerprint density at radius 2 is 2.00 bits per heavy atom. The zero-order chi connectivity index (χ0) is 29.6. The number of likely N-dealkylation sites (tertiary alicyclic amines) is 2. The van der Waals surface area contributed by atoms with Crippen LogP contribution in [0.15, 0.2) is 42.5 Å². The van der Waals surface area contributed by atoms with Crippen molar-refractivity contribution in [1.29, 1.82) is 0 Å². The normalized spacial score (nSPS) is 22.2. The molecule has 0 radical (unpaired) electrons. The van der Waals surface area contributed by atoms with E-state index in [1.54, 1.807) is 0 Å². The van der Waals surface area contributed by atoms with Crippen molar-refractivity contribution in [3.05, 3.63) is 59.2 Å². The zero-order valence-corrected chi connectivity index (χ0v) is 24.7. The third-order valence-electron chi connectivity index (χ3n) is 9.12. The first kappa shape index (κ1) is 30.0. The van der Waals surface area contributed by atoms with Crippen molar-refractivity contribution in [3.8, 4) is 5.75 Å². The molecule has 0 unspecified atom stereocenters. The lowest BCUT2D eigenvalue weighted by atomic mass is 9.83. The number of piperidine rings is 1. The number of amides is 2. The highest BCUT2D eigenvalue weighted by molar-refractivity contribution is 5.95.